The summed E-state index contributed by atoms with van der Waals surface area (Å²) in [7, 11) is -3.58. The maximum absolute atomic E-state index is 12.6. The zero-order chi connectivity index (χ0) is 24.3. The van der Waals surface area contributed by atoms with Crippen LogP contribution in [-0.4, -0.2) is 47.1 Å². The molecule has 1 N–H and O–H groups in total. The van der Waals surface area contributed by atoms with Crippen molar-refractivity contribution in [3.8, 4) is 11.5 Å². The maximum atomic E-state index is 12.6. The summed E-state index contributed by atoms with van der Waals surface area (Å²) in [5.74, 6) is 0.0247. The van der Waals surface area contributed by atoms with Crippen LogP contribution in [-0.2, 0) is 21.2 Å². The number of amides is 1. The van der Waals surface area contributed by atoms with Gasteiger partial charge in [-0.15, -0.1) is 5.10 Å². The molecule has 0 atom stereocenters. The van der Waals surface area contributed by atoms with Gasteiger partial charge >= 0.3 is 0 Å². The average Bonchev–Trinajstić information content (AvgIpc) is 3.27. The van der Waals surface area contributed by atoms with Crippen LogP contribution in [0.15, 0.2) is 64.2 Å². The number of benzene rings is 2. The van der Waals surface area contributed by atoms with Crippen LogP contribution in [0.3, 0.4) is 0 Å². The Labute approximate surface area is 201 Å². The molecule has 0 radical (unpaired) electrons. The molecule has 176 valence electrons. The molecule has 0 saturated carbocycles. The van der Waals surface area contributed by atoms with Crippen LogP contribution in [0, 0.1) is 5.41 Å². The molecule has 0 fully saturated rings. The van der Waals surface area contributed by atoms with E-state index in [1.807, 2.05) is 37.3 Å². The predicted molar refractivity (Wildman–Crippen MR) is 133 cm³/mol. The number of fused-ring (bicyclic) bond motifs is 1. The van der Waals surface area contributed by atoms with Gasteiger partial charge in [-0.25, -0.2) is 8.42 Å². The Morgan fingerprint density at radius 2 is 1.85 bits per heavy atom. The van der Waals surface area contributed by atoms with E-state index in [0.717, 1.165) is 22.3 Å². The van der Waals surface area contributed by atoms with Crippen LogP contribution in [0.25, 0.3) is 6.08 Å². The lowest BCUT2D eigenvalue weighted by molar-refractivity contribution is -0.114. The van der Waals surface area contributed by atoms with E-state index in [1.165, 1.54) is 13.0 Å². The molecule has 2 heterocycles. The second-order valence-corrected chi connectivity index (χ2v) is 10.6. The average molecular weight is 499 g/mol. The zero-order valence-corrected chi connectivity index (χ0v) is 20.1. The number of carbonyl (C=O) groups excluding carboxylic acids is 1. The highest BCUT2D eigenvalue weighted by molar-refractivity contribution is 8.42. The second kappa shape index (κ2) is 9.82. The van der Waals surface area contributed by atoms with E-state index in [9.17, 15) is 13.2 Å². The molecule has 0 aliphatic carbocycles. The number of nitrogens with one attached hydrogen (secondary N) is 1. The van der Waals surface area contributed by atoms with E-state index in [2.05, 4.69) is 10.1 Å². The number of ether oxygens (including phenoxy) is 2. The summed E-state index contributed by atoms with van der Waals surface area (Å²) in [6.45, 7) is 4.14. The predicted octanol–water partition coefficient (Wildman–Crippen LogP) is 3.68. The quantitative estimate of drug-likeness (QED) is 0.578. The first kappa shape index (κ1) is 23.7. The molecular weight excluding hydrogens is 476 g/mol. The number of hydrogen-bond donors (Lipinski definition) is 1. The number of hydrazone groups is 1. The van der Waals surface area contributed by atoms with Crippen molar-refractivity contribution >= 4 is 49.0 Å². The number of carbonyl (C=O) groups is 1. The van der Waals surface area contributed by atoms with Gasteiger partial charge < -0.3 is 9.47 Å². The van der Waals surface area contributed by atoms with Crippen molar-refractivity contribution in [3.63, 3.8) is 0 Å². The Morgan fingerprint density at radius 3 is 2.56 bits per heavy atom. The molecule has 2 aromatic rings. The number of sulfone groups is 1. The molecule has 1 amide bonds. The van der Waals surface area contributed by atoms with E-state index >= 15 is 0 Å². The molecule has 2 aromatic carbocycles. The molecule has 9 nitrogen and oxygen atoms in total. The van der Waals surface area contributed by atoms with E-state index in [0.29, 0.717) is 30.3 Å². The molecule has 2 aliphatic heterocycles. The van der Waals surface area contributed by atoms with Crippen LogP contribution >= 0.6 is 11.8 Å². The molecule has 34 heavy (non-hydrogen) atoms. The Morgan fingerprint density at radius 1 is 1.09 bits per heavy atom. The minimum absolute atomic E-state index is 0.0105. The van der Waals surface area contributed by atoms with Gasteiger partial charge in [-0.2, -0.15) is 10.0 Å². The first-order chi connectivity index (χ1) is 16.3. The number of hydrogen-bond acceptors (Lipinski definition) is 8. The van der Waals surface area contributed by atoms with Gasteiger partial charge in [-0.05, 0) is 48.0 Å². The summed E-state index contributed by atoms with van der Waals surface area (Å²) in [5.41, 5.74) is 1.60. The third-order valence-electron chi connectivity index (χ3n) is 4.90. The molecule has 11 heteroatoms. The third-order valence-corrected chi connectivity index (χ3v) is 7.99. The minimum Gasteiger partial charge on any atom is -0.490 e. The van der Waals surface area contributed by atoms with Crippen LogP contribution in [0.1, 0.15) is 25.0 Å². The lowest BCUT2D eigenvalue weighted by atomic mass is 10.1. The third kappa shape index (κ3) is 4.90. The topological polar surface area (TPSA) is 121 Å². The lowest BCUT2D eigenvalue weighted by Gasteiger charge is -2.20. The van der Waals surface area contributed by atoms with Gasteiger partial charge in [-0.3, -0.25) is 10.2 Å². The van der Waals surface area contributed by atoms with Crippen molar-refractivity contribution < 1.29 is 22.7 Å². The fraction of sp³-hybridized carbons (Fsp3) is 0.217. The lowest BCUT2D eigenvalue weighted by Crippen LogP contribution is -2.35. The molecule has 0 unspecified atom stereocenters. The van der Waals surface area contributed by atoms with Crippen LogP contribution in [0.5, 0.6) is 11.5 Å². The first-order valence-corrected chi connectivity index (χ1v) is 13.0. The van der Waals surface area contributed by atoms with Gasteiger partial charge in [0.05, 0.1) is 17.9 Å². The Balaban J connectivity index is 1.60. The van der Waals surface area contributed by atoms with E-state index in [-0.39, 0.29) is 26.7 Å². The van der Waals surface area contributed by atoms with Gasteiger partial charge in [-0.1, -0.05) is 43.3 Å². The molecule has 0 spiro atoms. The molecule has 2 aliphatic rings. The van der Waals surface area contributed by atoms with Crippen LogP contribution < -0.4 is 9.47 Å². The Bertz CT molecular complexity index is 1330. The summed E-state index contributed by atoms with van der Waals surface area (Å²) < 4.78 is 35.8. The SMILES string of the molecule is CCOc1cc(/C=C2\C(=N)N3N=C(S(=O)(=O)CC)SC3=NC2=O)ccc1OCc1ccccc1. The van der Waals surface area contributed by atoms with Gasteiger partial charge in [0.15, 0.2) is 17.3 Å². The highest BCUT2D eigenvalue weighted by Crippen LogP contribution is 2.33. The van der Waals surface area contributed by atoms with Crippen LogP contribution in [0.2, 0.25) is 0 Å². The fourth-order valence-electron chi connectivity index (χ4n) is 3.13. The minimum atomic E-state index is -3.58. The summed E-state index contributed by atoms with van der Waals surface area (Å²) in [5, 5.41) is 13.6. The summed E-state index contributed by atoms with van der Waals surface area (Å²) in [6, 6.07) is 14.9. The molecular formula is C23H22N4O5S2. The summed E-state index contributed by atoms with van der Waals surface area (Å²) in [6.07, 6.45) is 1.50. The van der Waals surface area contributed by atoms with Crippen molar-refractivity contribution in [2.45, 2.75) is 20.5 Å². The van der Waals surface area contributed by atoms with Crippen molar-refractivity contribution in [1.29, 1.82) is 5.41 Å². The van der Waals surface area contributed by atoms with Gasteiger partial charge in [0.25, 0.3) is 5.91 Å². The number of aliphatic imine (C=N–C) groups is 1. The number of amidine groups is 2. The van der Waals surface area contributed by atoms with E-state index in [4.69, 9.17) is 14.9 Å². The monoisotopic (exact) mass is 498 g/mol. The molecule has 4 rings (SSSR count). The van der Waals surface area contributed by atoms with Crippen molar-refractivity contribution in [2.24, 2.45) is 10.1 Å². The summed E-state index contributed by atoms with van der Waals surface area (Å²) >= 11 is 0.769. The normalized spacial score (nSPS) is 16.9. The van der Waals surface area contributed by atoms with Gasteiger partial charge in [0.2, 0.25) is 19.4 Å². The maximum Gasteiger partial charge on any atom is 0.283 e. The molecule has 0 aromatic heterocycles. The molecule has 0 bridgehead atoms. The van der Waals surface area contributed by atoms with Gasteiger partial charge in [0.1, 0.15) is 6.61 Å². The van der Waals surface area contributed by atoms with Crippen molar-refractivity contribution in [1.82, 2.24) is 5.01 Å². The van der Waals surface area contributed by atoms with Crippen LogP contribution in [0.4, 0.5) is 0 Å². The summed E-state index contributed by atoms with van der Waals surface area (Å²) in [4.78, 5) is 16.6. The molecule has 0 saturated heterocycles. The first-order valence-electron chi connectivity index (χ1n) is 10.5. The number of rotatable bonds is 7. The van der Waals surface area contributed by atoms with Crippen molar-refractivity contribution in [2.75, 3.05) is 12.4 Å². The fourth-order valence-corrected chi connectivity index (χ4v) is 5.29. The smallest absolute Gasteiger partial charge is 0.283 e. The highest BCUT2D eigenvalue weighted by Gasteiger charge is 2.39. The number of nitrogens with zero attached hydrogens (tertiary/aromatic N) is 3. The number of thioether (sulfide) groups is 1. The van der Waals surface area contributed by atoms with Gasteiger partial charge in [0, 0.05) is 0 Å². The largest absolute Gasteiger partial charge is 0.490 e. The van der Waals surface area contributed by atoms with E-state index in [1.54, 1.807) is 18.2 Å². The Kier molecular flexibility index (Phi) is 6.85. The van der Waals surface area contributed by atoms with Crippen molar-refractivity contribution in [3.05, 3.63) is 65.2 Å². The zero-order valence-electron chi connectivity index (χ0n) is 18.5. The Hall–Kier alpha value is -3.44. The van der Waals surface area contributed by atoms with E-state index < -0.39 is 15.7 Å². The second-order valence-electron chi connectivity index (χ2n) is 7.20. The highest BCUT2D eigenvalue weighted by atomic mass is 32.3. The standard InChI is InChI=1S/C23H22N4O5S2/c1-3-31-19-13-16(10-11-18(19)32-14-15-8-6-5-7-9-15)12-17-20(24)27-22(25-21(17)28)33-23(26-27)34(29,30)4-2/h5-13,24H,3-4,14H2,1-2H3/b17-12+,24-20?.